The monoisotopic (exact) mass is 306 g/mol. The highest BCUT2D eigenvalue weighted by Crippen LogP contribution is 2.21. The van der Waals surface area contributed by atoms with Gasteiger partial charge in [0.05, 0.1) is 0 Å². The number of carbonyl (C=O) groups is 3. The molecule has 2 rings (SSSR count). The lowest BCUT2D eigenvalue weighted by Gasteiger charge is -2.29. The second kappa shape index (κ2) is 5.76. The van der Waals surface area contributed by atoms with E-state index in [2.05, 4.69) is 10.9 Å². The molecule has 8 heteroatoms. The topological polar surface area (TPSA) is 114 Å². The number of nitrogens with one attached hydrogen (secondary N) is 2. The number of hydrazine groups is 1. The number of ether oxygens (including phenoxy) is 2. The molecule has 0 aromatic heterocycles. The molecule has 1 aromatic rings. The van der Waals surface area contributed by atoms with Gasteiger partial charge in [0.25, 0.3) is 11.7 Å². The van der Waals surface area contributed by atoms with Crippen LogP contribution in [0.15, 0.2) is 36.0 Å². The molecule has 0 radical (unpaired) electrons. The molecular formula is C14H14N2O6. The highest BCUT2D eigenvalue weighted by atomic mass is 16.7. The number of benzene rings is 1. The number of aromatic hydroxyl groups is 1. The largest absolute Gasteiger partial charge is 0.508 e. The number of carbonyl (C=O) groups excluding carboxylic acids is 3. The van der Waals surface area contributed by atoms with Gasteiger partial charge >= 0.3 is 11.9 Å². The summed E-state index contributed by atoms with van der Waals surface area (Å²) in [4.78, 5) is 35.0. The molecule has 0 bridgehead atoms. The van der Waals surface area contributed by atoms with Gasteiger partial charge in [0, 0.05) is 25.6 Å². The smallest absolute Gasteiger partial charge is 0.350 e. The van der Waals surface area contributed by atoms with Gasteiger partial charge in [-0.15, -0.1) is 0 Å². The fourth-order valence-corrected chi connectivity index (χ4v) is 1.64. The van der Waals surface area contributed by atoms with Gasteiger partial charge in [-0.25, -0.2) is 9.59 Å². The van der Waals surface area contributed by atoms with Gasteiger partial charge in [0.2, 0.25) is 0 Å². The quantitative estimate of drug-likeness (QED) is 0.319. The standard InChI is InChI=1S/C14H14N2O6/c1-14(2)21-12(19)10(13(20)22-14)7-15-16-11(18)8-3-5-9(17)6-4-8/h3-7,15,17H,1-2H3,(H,16,18). The van der Waals surface area contributed by atoms with Crippen molar-refractivity contribution in [1.82, 2.24) is 10.9 Å². The molecule has 1 fully saturated rings. The normalized spacial score (nSPS) is 16.4. The number of esters is 2. The molecule has 1 aliphatic heterocycles. The summed E-state index contributed by atoms with van der Waals surface area (Å²) >= 11 is 0. The Kier molecular flexibility index (Phi) is 4.02. The molecule has 8 nitrogen and oxygen atoms in total. The summed E-state index contributed by atoms with van der Waals surface area (Å²) in [6.07, 6.45) is 0.984. The Bertz CT molecular complexity index is 626. The van der Waals surface area contributed by atoms with E-state index in [1.165, 1.54) is 38.1 Å². The van der Waals surface area contributed by atoms with Crippen LogP contribution < -0.4 is 10.9 Å². The van der Waals surface area contributed by atoms with E-state index in [-0.39, 0.29) is 16.9 Å². The van der Waals surface area contributed by atoms with Gasteiger partial charge in [-0.3, -0.25) is 10.2 Å². The molecule has 1 aromatic carbocycles. The molecule has 0 aliphatic carbocycles. The minimum Gasteiger partial charge on any atom is -0.508 e. The Morgan fingerprint density at radius 2 is 1.68 bits per heavy atom. The molecule has 22 heavy (non-hydrogen) atoms. The van der Waals surface area contributed by atoms with Gasteiger partial charge in [-0.05, 0) is 24.3 Å². The SMILES string of the molecule is CC1(C)OC(=O)C(=CNNC(=O)c2ccc(O)cc2)C(=O)O1. The summed E-state index contributed by atoms with van der Waals surface area (Å²) in [7, 11) is 0. The third-order valence-electron chi connectivity index (χ3n) is 2.65. The molecule has 0 spiro atoms. The predicted octanol–water partition coefficient (Wildman–Crippen LogP) is 0.347. The molecule has 1 amide bonds. The molecule has 0 saturated carbocycles. The first-order valence-corrected chi connectivity index (χ1v) is 6.30. The van der Waals surface area contributed by atoms with Crippen LogP contribution in [0.25, 0.3) is 0 Å². The Morgan fingerprint density at radius 1 is 1.14 bits per heavy atom. The fraction of sp³-hybridized carbons (Fsp3) is 0.214. The third-order valence-corrected chi connectivity index (χ3v) is 2.65. The summed E-state index contributed by atoms with van der Waals surface area (Å²) in [5.74, 6) is -3.52. The molecule has 1 heterocycles. The van der Waals surface area contributed by atoms with Gasteiger partial charge in [-0.1, -0.05) is 0 Å². The number of phenolic OH excluding ortho intramolecular Hbond substituents is 1. The predicted molar refractivity (Wildman–Crippen MR) is 73.1 cm³/mol. The van der Waals surface area contributed by atoms with E-state index < -0.39 is 23.6 Å². The number of hydrogen-bond donors (Lipinski definition) is 3. The van der Waals surface area contributed by atoms with Crippen molar-refractivity contribution < 1.29 is 29.0 Å². The van der Waals surface area contributed by atoms with Crippen molar-refractivity contribution in [3.8, 4) is 5.75 Å². The lowest BCUT2D eigenvalue weighted by atomic mass is 10.2. The molecule has 1 aliphatic rings. The second-order valence-electron chi connectivity index (χ2n) is 4.88. The zero-order valence-electron chi connectivity index (χ0n) is 11.9. The maximum atomic E-state index is 11.7. The number of cyclic esters (lactones) is 2. The van der Waals surface area contributed by atoms with Crippen LogP contribution in [0.4, 0.5) is 0 Å². The van der Waals surface area contributed by atoms with Crippen molar-refractivity contribution in [2.75, 3.05) is 0 Å². The van der Waals surface area contributed by atoms with E-state index in [0.29, 0.717) is 0 Å². The zero-order chi connectivity index (χ0) is 16.3. The van der Waals surface area contributed by atoms with Gasteiger partial charge in [0.1, 0.15) is 5.75 Å². The lowest BCUT2D eigenvalue weighted by molar-refractivity contribution is -0.222. The summed E-state index contributed by atoms with van der Waals surface area (Å²) in [6.45, 7) is 2.86. The molecule has 0 unspecified atom stereocenters. The third kappa shape index (κ3) is 3.54. The van der Waals surface area contributed by atoms with Crippen LogP contribution >= 0.6 is 0 Å². The van der Waals surface area contributed by atoms with Crippen molar-refractivity contribution in [3.63, 3.8) is 0 Å². The molecule has 0 atom stereocenters. The summed E-state index contributed by atoms with van der Waals surface area (Å²) in [5.41, 5.74) is 4.50. The van der Waals surface area contributed by atoms with Crippen LogP contribution in [0.2, 0.25) is 0 Å². The van der Waals surface area contributed by atoms with Crippen molar-refractivity contribution >= 4 is 17.8 Å². The first-order valence-electron chi connectivity index (χ1n) is 6.30. The number of phenols is 1. The molecular weight excluding hydrogens is 292 g/mol. The fourth-order valence-electron chi connectivity index (χ4n) is 1.64. The van der Waals surface area contributed by atoms with E-state index in [1.54, 1.807) is 0 Å². The number of hydrogen-bond acceptors (Lipinski definition) is 7. The van der Waals surface area contributed by atoms with E-state index in [9.17, 15) is 14.4 Å². The van der Waals surface area contributed by atoms with Crippen LogP contribution in [0.1, 0.15) is 24.2 Å². The Morgan fingerprint density at radius 3 is 2.23 bits per heavy atom. The summed E-state index contributed by atoms with van der Waals surface area (Å²) in [6, 6.07) is 5.52. The van der Waals surface area contributed by atoms with Crippen LogP contribution in [0.5, 0.6) is 5.75 Å². The first kappa shape index (κ1) is 15.4. The number of rotatable bonds is 3. The van der Waals surface area contributed by atoms with E-state index in [1.807, 2.05) is 0 Å². The maximum absolute atomic E-state index is 11.7. The van der Waals surface area contributed by atoms with Gasteiger partial charge in [-0.2, -0.15) is 0 Å². The van der Waals surface area contributed by atoms with E-state index >= 15 is 0 Å². The Balaban J connectivity index is 1.97. The van der Waals surface area contributed by atoms with Crippen LogP contribution in [-0.4, -0.2) is 28.7 Å². The van der Waals surface area contributed by atoms with E-state index in [0.717, 1.165) is 6.20 Å². The van der Waals surface area contributed by atoms with Crippen molar-refractivity contribution in [3.05, 3.63) is 41.6 Å². The Hall–Kier alpha value is -3.03. The highest BCUT2D eigenvalue weighted by Gasteiger charge is 2.38. The molecule has 3 N–H and O–H groups in total. The summed E-state index contributed by atoms with van der Waals surface area (Å²) in [5, 5.41) is 9.13. The Labute approximate surface area is 125 Å². The first-order chi connectivity index (χ1) is 10.3. The highest BCUT2D eigenvalue weighted by molar-refractivity contribution is 6.15. The molecule has 116 valence electrons. The van der Waals surface area contributed by atoms with Gasteiger partial charge in [0.15, 0.2) is 5.57 Å². The second-order valence-corrected chi connectivity index (χ2v) is 4.88. The minimum atomic E-state index is -1.32. The average Bonchev–Trinajstić information content (AvgIpc) is 2.41. The van der Waals surface area contributed by atoms with Crippen molar-refractivity contribution in [1.29, 1.82) is 0 Å². The van der Waals surface area contributed by atoms with Crippen LogP contribution in [0.3, 0.4) is 0 Å². The average molecular weight is 306 g/mol. The maximum Gasteiger partial charge on any atom is 0.350 e. The minimum absolute atomic E-state index is 0.0296. The van der Waals surface area contributed by atoms with Crippen molar-refractivity contribution in [2.45, 2.75) is 19.6 Å². The molecule has 1 saturated heterocycles. The van der Waals surface area contributed by atoms with Gasteiger partial charge < -0.3 is 20.0 Å². The van der Waals surface area contributed by atoms with E-state index in [4.69, 9.17) is 14.6 Å². The van der Waals surface area contributed by atoms with Crippen LogP contribution in [-0.2, 0) is 19.1 Å². The summed E-state index contributed by atoms with van der Waals surface area (Å²) < 4.78 is 9.76. The van der Waals surface area contributed by atoms with Crippen molar-refractivity contribution in [2.24, 2.45) is 0 Å². The lowest BCUT2D eigenvalue weighted by Crippen LogP contribution is -2.43. The number of amides is 1. The zero-order valence-corrected chi connectivity index (χ0v) is 11.9. The van der Waals surface area contributed by atoms with Crippen LogP contribution in [0, 0.1) is 0 Å².